The van der Waals surface area contributed by atoms with E-state index in [1.165, 1.54) is 255 Å². The number of unbranched alkanes of at least 4 members (excludes halogenated alkanes) is 34. The standard InChI is InChI=1S/C30H63N.C27H31F3N4O4S.C11H25NS.C2H7N/c1-4-7-10-13-16-19-22-25-28-31(29-26-23-20-17-14-11-8-5-2)30-27-24-21-18-15-12-9-6-3;1-34-21-16-22(37-2)17(10-8-6-4-3-5-7-9-11-24(35)36)14-20(21)31-25(34)33-26-32-19-13-12-18(15-23(19)39-26)38-27(28,29)30;1-2-3-4-5-6-7-8-9-10-12-11-13;1-3-2/h4-30H2,1-3H3;12-16H,3-11H2,1-2H3,(H,35,36)(H,31,32,33);12-13H,2-11H2,1H3;3H,1-2H3. The molecule has 0 bridgehead atoms. The number of methoxy groups -OCH3 is 1. The highest BCUT2D eigenvalue weighted by molar-refractivity contribution is 7.80. The first-order valence-electron chi connectivity index (χ1n) is 34.6. The van der Waals surface area contributed by atoms with Gasteiger partial charge in [0.2, 0.25) is 5.95 Å². The monoisotopic (exact) mass is 1250 g/mol. The summed E-state index contributed by atoms with van der Waals surface area (Å²) in [6, 6.07) is 8.04. The molecule has 16 heteroatoms. The molecule has 0 saturated heterocycles. The molecule has 2 aromatic carbocycles. The molecule has 0 aliphatic rings. The molecule has 0 aliphatic carbocycles. The second kappa shape index (κ2) is 55.7. The maximum atomic E-state index is 12.6. The van der Waals surface area contributed by atoms with E-state index in [0.29, 0.717) is 21.3 Å². The van der Waals surface area contributed by atoms with Gasteiger partial charge in [-0.05, 0) is 109 Å². The van der Waals surface area contributed by atoms with Crippen LogP contribution in [0, 0.1) is 0 Å². The number of aryl methyl sites for hydroxylation is 2. The SMILES string of the molecule is CCCCCCCCCCN(CCCCCCCCCC)CCCCCCCCCC.CCCCCCCCCCNCS.CNC.COc1cc2c(cc1CCCCCCCCCC(=O)O)nc(Nc1nc3ccc(OC(F)(F)F)cc3s1)n2C. The first-order chi connectivity index (χ1) is 41.8. The molecule has 498 valence electrons. The van der Waals surface area contributed by atoms with E-state index in [4.69, 9.17) is 14.8 Å². The fraction of sp³-hybridized carbons (Fsp3) is 0.786. The number of hydrogen-bond acceptors (Lipinski definition) is 11. The van der Waals surface area contributed by atoms with E-state index in [9.17, 15) is 18.0 Å². The zero-order chi connectivity index (χ0) is 63.1. The summed E-state index contributed by atoms with van der Waals surface area (Å²) in [6.45, 7) is 14.4. The van der Waals surface area contributed by atoms with E-state index in [1.807, 2.05) is 37.8 Å². The topological polar surface area (TPSA) is 126 Å². The number of fused-ring (bicyclic) bond motifs is 2. The molecule has 0 radical (unpaired) electrons. The number of ether oxygens (including phenoxy) is 2. The largest absolute Gasteiger partial charge is 0.573 e. The van der Waals surface area contributed by atoms with Gasteiger partial charge in [-0.2, -0.15) is 12.6 Å². The predicted molar refractivity (Wildman–Crippen MR) is 369 cm³/mol. The maximum absolute atomic E-state index is 12.6. The van der Waals surface area contributed by atoms with Crippen molar-refractivity contribution in [3.05, 3.63) is 35.9 Å². The molecular formula is C70H126F3N7O4S2. The molecule has 0 unspecified atom stereocenters. The Morgan fingerprint density at radius 3 is 1.47 bits per heavy atom. The number of alkyl halides is 3. The minimum absolute atomic E-state index is 0.245. The number of nitrogens with one attached hydrogen (secondary N) is 3. The average molecular weight is 1250 g/mol. The summed E-state index contributed by atoms with van der Waals surface area (Å²) in [5.41, 5.74) is 3.31. The summed E-state index contributed by atoms with van der Waals surface area (Å²) in [7, 11) is 7.27. The first kappa shape index (κ1) is 80.7. The summed E-state index contributed by atoms with van der Waals surface area (Å²) < 4.78 is 49.8. The second-order valence-corrected chi connectivity index (χ2v) is 25.1. The highest BCUT2D eigenvalue weighted by Crippen LogP contribution is 2.35. The highest BCUT2D eigenvalue weighted by atomic mass is 32.1. The minimum Gasteiger partial charge on any atom is -0.496 e. The molecule has 0 aliphatic heterocycles. The Morgan fingerprint density at radius 2 is 1.03 bits per heavy atom. The van der Waals surface area contributed by atoms with E-state index >= 15 is 0 Å². The van der Waals surface area contributed by atoms with Gasteiger partial charge in [-0.25, -0.2) is 9.97 Å². The number of carboxylic acid groups (broad SMARTS) is 1. The summed E-state index contributed by atoms with van der Waals surface area (Å²) in [5.74, 6) is 1.14. The smallest absolute Gasteiger partial charge is 0.496 e. The van der Waals surface area contributed by atoms with E-state index in [0.717, 1.165) is 86.1 Å². The molecule has 86 heavy (non-hydrogen) atoms. The van der Waals surface area contributed by atoms with E-state index in [2.05, 4.69) is 70.9 Å². The van der Waals surface area contributed by atoms with Crippen molar-refractivity contribution >= 4 is 62.3 Å². The van der Waals surface area contributed by atoms with Gasteiger partial charge >= 0.3 is 12.3 Å². The van der Waals surface area contributed by atoms with E-state index in [1.54, 1.807) is 7.11 Å². The molecule has 2 aromatic heterocycles. The number of carboxylic acids is 1. The van der Waals surface area contributed by atoms with Gasteiger partial charge in [0.15, 0.2) is 5.13 Å². The lowest BCUT2D eigenvalue weighted by atomic mass is 10.0. The fourth-order valence-electron chi connectivity index (χ4n) is 10.7. The van der Waals surface area contributed by atoms with Crippen LogP contribution in [0.2, 0.25) is 0 Å². The molecule has 11 nitrogen and oxygen atoms in total. The minimum atomic E-state index is -4.75. The van der Waals surface area contributed by atoms with Crippen molar-refractivity contribution in [3.63, 3.8) is 0 Å². The number of thiol groups is 1. The second-order valence-electron chi connectivity index (χ2n) is 23.7. The molecule has 0 fully saturated rings. The lowest BCUT2D eigenvalue weighted by Gasteiger charge is -2.22. The van der Waals surface area contributed by atoms with E-state index < -0.39 is 12.3 Å². The summed E-state index contributed by atoms with van der Waals surface area (Å²) in [6.07, 6.45) is 49.3. The quantitative estimate of drug-likeness (QED) is 0.0166. The number of hydrogen-bond donors (Lipinski definition) is 5. The van der Waals surface area contributed by atoms with Crippen LogP contribution < -0.4 is 25.4 Å². The summed E-state index contributed by atoms with van der Waals surface area (Å²) >= 11 is 5.30. The number of thiazole rings is 1. The van der Waals surface area contributed by atoms with Gasteiger partial charge in [-0.15, -0.1) is 13.2 Å². The number of rotatable bonds is 51. The van der Waals surface area contributed by atoms with Crippen LogP contribution in [0.4, 0.5) is 24.3 Å². The van der Waals surface area contributed by atoms with Crippen LogP contribution in [-0.4, -0.2) is 90.1 Å². The molecule has 0 atom stereocenters. The summed E-state index contributed by atoms with van der Waals surface area (Å²) in [4.78, 5) is 22.6. The van der Waals surface area contributed by atoms with Crippen molar-refractivity contribution in [1.82, 2.24) is 30.1 Å². The van der Waals surface area contributed by atoms with Crippen molar-refractivity contribution < 1.29 is 32.5 Å². The number of halogens is 3. The van der Waals surface area contributed by atoms with Gasteiger partial charge in [0.25, 0.3) is 0 Å². The lowest BCUT2D eigenvalue weighted by molar-refractivity contribution is -0.274. The molecule has 4 rings (SSSR count). The zero-order valence-electron chi connectivity index (χ0n) is 55.9. The van der Waals surface area contributed by atoms with Crippen LogP contribution in [-0.2, 0) is 18.3 Å². The Bertz CT molecular complexity index is 2120. The van der Waals surface area contributed by atoms with Crippen molar-refractivity contribution in [3.8, 4) is 11.5 Å². The zero-order valence-corrected chi connectivity index (χ0v) is 57.6. The number of carbonyl (C=O) groups is 1. The summed E-state index contributed by atoms with van der Waals surface area (Å²) in [5, 5.41) is 18.4. The number of imidazole rings is 1. The van der Waals surface area contributed by atoms with Gasteiger partial charge in [-0.3, -0.25) is 4.79 Å². The third kappa shape index (κ3) is 43.4. The fourth-order valence-corrected chi connectivity index (χ4v) is 11.7. The number of aliphatic carboxylic acids is 1. The van der Waals surface area contributed by atoms with Crippen LogP contribution in [0.25, 0.3) is 21.3 Å². The van der Waals surface area contributed by atoms with Gasteiger partial charge in [-0.1, -0.05) is 251 Å². The number of aromatic nitrogens is 3. The van der Waals surface area contributed by atoms with Crippen LogP contribution in [0.3, 0.4) is 0 Å². The van der Waals surface area contributed by atoms with Crippen LogP contribution in [0.1, 0.15) is 290 Å². The normalized spacial score (nSPS) is 11.4. The van der Waals surface area contributed by atoms with Crippen molar-refractivity contribution in [2.24, 2.45) is 7.05 Å². The third-order valence-electron chi connectivity index (χ3n) is 15.7. The Morgan fingerprint density at radius 1 is 0.605 bits per heavy atom. The van der Waals surface area contributed by atoms with Crippen LogP contribution in [0.5, 0.6) is 11.5 Å². The Hall–Kier alpha value is -3.31. The number of benzene rings is 2. The predicted octanol–water partition coefficient (Wildman–Crippen LogP) is 21.7. The average Bonchev–Trinajstić information content (AvgIpc) is 3.02. The van der Waals surface area contributed by atoms with Gasteiger partial charge < -0.3 is 40.0 Å². The maximum Gasteiger partial charge on any atom is 0.573 e. The van der Waals surface area contributed by atoms with Crippen molar-refractivity contribution in [2.75, 3.05) is 58.6 Å². The number of anilines is 2. The van der Waals surface area contributed by atoms with Crippen LogP contribution in [0.15, 0.2) is 30.3 Å². The number of nitrogens with zero attached hydrogens (tertiary/aromatic N) is 4. The Kier molecular flexibility index (Phi) is 52.3. The molecule has 2 heterocycles. The van der Waals surface area contributed by atoms with Crippen molar-refractivity contribution in [1.29, 1.82) is 0 Å². The van der Waals surface area contributed by atoms with Gasteiger partial charge in [0.05, 0.1) is 28.4 Å². The Balaban J connectivity index is 0.000000700. The Labute approximate surface area is 532 Å². The molecule has 0 spiro atoms. The van der Waals surface area contributed by atoms with Crippen LogP contribution >= 0.6 is 24.0 Å². The molecule has 4 aromatic rings. The molecule has 0 amide bonds. The lowest BCUT2D eigenvalue weighted by Crippen LogP contribution is -2.27. The molecule has 4 N–H and O–H groups in total. The first-order valence-corrected chi connectivity index (χ1v) is 36.1. The van der Waals surface area contributed by atoms with Gasteiger partial charge in [0, 0.05) is 31.5 Å². The highest BCUT2D eigenvalue weighted by Gasteiger charge is 2.31. The van der Waals surface area contributed by atoms with E-state index in [-0.39, 0.29) is 12.2 Å². The molecular weight excluding hydrogens is 1120 g/mol. The third-order valence-corrected chi connectivity index (χ3v) is 16.9. The van der Waals surface area contributed by atoms with Gasteiger partial charge in [0.1, 0.15) is 11.5 Å². The molecule has 0 saturated carbocycles. The van der Waals surface area contributed by atoms with Crippen molar-refractivity contribution in [2.45, 2.75) is 297 Å².